The van der Waals surface area contributed by atoms with E-state index < -0.39 is 0 Å². The Balaban J connectivity index is 1.63. The van der Waals surface area contributed by atoms with Crippen LogP contribution in [0.5, 0.6) is 11.6 Å². The summed E-state index contributed by atoms with van der Waals surface area (Å²) >= 11 is 0. The highest BCUT2D eigenvalue weighted by Crippen LogP contribution is 2.29. The molecule has 3 rings (SSSR count). The quantitative estimate of drug-likeness (QED) is 0.641. The van der Waals surface area contributed by atoms with E-state index in [4.69, 9.17) is 18.5 Å². The molecular formula is C17H19N3O4. The lowest BCUT2D eigenvalue weighted by Crippen LogP contribution is -2.10. The highest BCUT2D eigenvalue weighted by atomic mass is 16.6. The van der Waals surface area contributed by atoms with Crippen LogP contribution in [-0.4, -0.2) is 28.5 Å². The Morgan fingerprint density at radius 3 is 2.17 bits per heavy atom. The van der Waals surface area contributed by atoms with Gasteiger partial charge < -0.3 is 18.5 Å². The first-order valence-corrected chi connectivity index (χ1v) is 7.64. The monoisotopic (exact) mass is 329 g/mol. The second-order valence-electron chi connectivity index (χ2n) is 5.55. The molecule has 0 atom stereocenters. The van der Waals surface area contributed by atoms with Gasteiger partial charge in [-0.15, -0.1) is 0 Å². The van der Waals surface area contributed by atoms with Crippen LogP contribution in [0, 0.1) is 27.7 Å². The zero-order chi connectivity index (χ0) is 17.1. The Bertz CT molecular complexity index is 815. The number of rotatable bonds is 6. The summed E-state index contributed by atoms with van der Waals surface area (Å²) in [5.41, 5.74) is 2.91. The highest BCUT2D eigenvalue weighted by molar-refractivity contribution is 5.60. The maximum Gasteiger partial charge on any atom is 0.254 e. The Hall–Kier alpha value is -2.83. The van der Waals surface area contributed by atoms with Gasteiger partial charge in [0.25, 0.3) is 5.88 Å². The van der Waals surface area contributed by atoms with E-state index in [1.807, 2.05) is 32.9 Å². The normalized spacial score (nSPS) is 10.8. The molecule has 7 nitrogen and oxygen atoms in total. The van der Waals surface area contributed by atoms with Crippen LogP contribution in [0.15, 0.2) is 27.2 Å². The molecule has 0 saturated carbocycles. The SMILES string of the molecule is Cc1cc(OCCOc2c(C)cc(-c3noc(C)n3)cc2C)no1. The molecule has 0 aliphatic heterocycles. The summed E-state index contributed by atoms with van der Waals surface area (Å²) in [5, 5.41) is 7.71. The molecule has 0 aliphatic rings. The third-order valence-electron chi connectivity index (χ3n) is 3.43. The molecule has 0 aliphatic carbocycles. The van der Waals surface area contributed by atoms with Crippen molar-refractivity contribution in [3.63, 3.8) is 0 Å². The minimum atomic E-state index is 0.386. The summed E-state index contributed by atoms with van der Waals surface area (Å²) in [6, 6.07) is 5.70. The zero-order valence-corrected chi connectivity index (χ0v) is 14.1. The van der Waals surface area contributed by atoms with Crippen LogP contribution in [0.25, 0.3) is 11.4 Å². The van der Waals surface area contributed by atoms with Crippen molar-refractivity contribution in [2.75, 3.05) is 13.2 Å². The fraction of sp³-hybridized carbons (Fsp3) is 0.353. The molecule has 126 valence electrons. The fourth-order valence-electron chi connectivity index (χ4n) is 2.43. The lowest BCUT2D eigenvalue weighted by molar-refractivity contribution is 0.202. The van der Waals surface area contributed by atoms with Crippen molar-refractivity contribution in [3.05, 3.63) is 41.0 Å². The molecule has 0 N–H and O–H groups in total. The minimum Gasteiger partial charge on any atom is -0.489 e. The molecule has 1 aromatic carbocycles. The van der Waals surface area contributed by atoms with Crippen LogP contribution in [0.1, 0.15) is 22.8 Å². The summed E-state index contributed by atoms with van der Waals surface area (Å²) in [4.78, 5) is 4.25. The van der Waals surface area contributed by atoms with E-state index in [0.29, 0.717) is 36.6 Å². The molecule has 0 radical (unpaired) electrons. The van der Waals surface area contributed by atoms with Crippen molar-refractivity contribution in [2.24, 2.45) is 0 Å². The average Bonchev–Trinajstić information content (AvgIpc) is 3.14. The van der Waals surface area contributed by atoms with Gasteiger partial charge in [0.1, 0.15) is 24.7 Å². The van der Waals surface area contributed by atoms with E-state index in [1.165, 1.54) is 0 Å². The summed E-state index contributed by atoms with van der Waals surface area (Å²) in [6.07, 6.45) is 0. The first kappa shape index (κ1) is 16.0. The number of hydrogen-bond acceptors (Lipinski definition) is 7. The Kier molecular flexibility index (Phi) is 4.50. The molecule has 2 heterocycles. The first-order chi connectivity index (χ1) is 11.5. The molecule has 24 heavy (non-hydrogen) atoms. The molecule has 7 heteroatoms. The van der Waals surface area contributed by atoms with Gasteiger partial charge in [0.2, 0.25) is 11.7 Å². The predicted molar refractivity (Wildman–Crippen MR) is 86.2 cm³/mol. The zero-order valence-electron chi connectivity index (χ0n) is 14.1. The first-order valence-electron chi connectivity index (χ1n) is 7.64. The van der Waals surface area contributed by atoms with Gasteiger partial charge in [0.05, 0.1) is 0 Å². The minimum absolute atomic E-state index is 0.386. The van der Waals surface area contributed by atoms with Gasteiger partial charge in [-0.2, -0.15) is 4.98 Å². The maximum absolute atomic E-state index is 5.84. The fourth-order valence-corrected chi connectivity index (χ4v) is 2.43. The maximum atomic E-state index is 5.84. The second kappa shape index (κ2) is 6.74. The van der Waals surface area contributed by atoms with Crippen LogP contribution < -0.4 is 9.47 Å². The summed E-state index contributed by atoms with van der Waals surface area (Å²) in [7, 11) is 0. The van der Waals surface area contributed by atoms with Crippen LogP contribution >= 0.6 is 0 Å². The van der Waals surface area contributed by atoms with Crippen molar-refractivity contribution in [1.29, 1.82) is 0 Å². The smallest absolute Gasteiger partial charge is 0.254 e. The molecular weight excluding hydrogens is 310 g/mol. The Morgan fingerprint density at radius 2 is 1.58 bits per heavy atom. The van der Waals surface area contributed by atoms with Gasteiger partial charge in [0, 0.05) is 18.6 Å². The summed E-state index contributed by atoms with van der Waals surface area (Å²) in [6.45, 7) is 8.35. The molecule has 0 saturated heterocycles. The van der Waals surface area contributed by atoms with E-state index in [2.05, 4.69) is 15.3 Å². The Labute approximate surface area is 139 Å². The van der Waals surface area contributed by atoms with Crippen molar-refractivity contribution >= 4 is 0 Å². The van der Waals surface area contributed by atoms with Crippen LogP contribution in [0.2, 0.25) is 0 Å². The predicted octanol–water partition coefficient (Wildman–Crippen LogP) is 3.42. The van der Waals surface area contributed by atoms with E-state index >= 15 is 0 Å². The van der Waals surface area contributed by atoms with Gasteiger partial charge in [-0.05, 0) is 49.2 Å². The van der Waals surface area contributed by atoms with Crippen LogP contribution in [0.3, 0.4) is 0 Å². The van der Waals surface area contributed by atoms with Gasteiger partial charge in [-0.25, -0.2) is 0 Å². The Morgan fingerprint density at radius 1 is 0.875 bits per heavy atom. The molecule has 0 amide bonds. The lowest BCUT2D eigenvalue weighted by Gasteiger charge is -2.13. The number of nitrogens with zero attached hydrogens (tertiary/aromatic N) is 3. The van der Waals surface area contributed by atoms with E-state index in [9.17, 15) is 0 Å². The average molecular weight is 329 g/mol. The largest absolute Gasteiger partial charge is 0.489 e. The van der Waals surface area contributed by atoms with E-state index in [1.54, 1.807) is 13.0 Å². The highest BCUT2D eigenvalue weighted by Gasteiger charge is 2.12. The van der Waals surface area contributed by atoms with Crippen molar-refractivity contribution < 1.29 is 18.5 Å². The molecule has 0 spiro atoms. The van der Waals surface area contributed by atoms with Crippen molar-refractivity contribution in [2.45, 2.75) is 27.7 Å². The molecule has 0 fully saturated rings. The molecule has 2 aromatic heterocycles. The number of hydrogen-bond donors (Lipinski definition) is 0. The van der Waals surface area contributed by atoms with Crippen molar-refractivity contribution in [1.82, 2.24) is 15.3 Å². The number of benzene rings is 1. The number of aryl methyl sites for hydroxylation is 4. The lowest BCUT2D eigenvalue weighted by atomic mass is 10.1. The summed E-state index contributed by atoms with van der Waals surface area (Å²) < 4.78 is 21.3. The molecule has 0 unspecified atom stereocenters. The topological polar surface area (TPSA) is 83.4 Å². The van der Waals surface area contributed by atoms with Gasteiger partial charge in [-0.3, -0.25) is 0 Å². The van der Waals surface area contributed by atoms with Gasteiger partial charge >= 0.3 is 0 Å². The van der Waals surface area contributed by atoms with E-state index in [0.717, 1.165) is 22.4 Å². The van der Waals surface area contributed by atoms with Gasteiger partial charge in [0.15, 0.2) is 0 Å². The standard InChI is InChI=1S/C17H19N3O4/c1-10-7-14(17-18-13(4)24-20-17)8-11(2)16(10)22-6-5-21-15-9-12(3)23-19-15/h7-9H,5-6H2,1-4H3. The van der Waals surface area contributed by atoms with Crippen molar-refractivity contribution in [3.8, 4) is 23.0 Å². The van der Waals surface area contributed by atoms with E-state index in [-0.39, 0.29) is 0 Å². The summed E-state index contributed by atoms with van der Waals surface area (Å²) in [5.74, 6) is 3.13. The second-order valence-corrected chi connectivity index (χ2v) is 5.55. The molecule has 0 bridgehead atoms. The van der Waals surface area contributed by atoms with Crippen LogP contribution in [0.4, 0.5) is 0 Å². The third kappa shape index (κ3) is 3.56. The number of aromatic nitrogens is 3. The number of ether oxygens (including phenoxy) is 2. The van der Waals surface area contributed by atoms with Crippen LogP contribution in [-0.2, 0) is 0 Å². The van der Waals surface area contributed by atoms with Gasteiger partial charge in [-0.1, -0.05) is 5.16 Å². The third-order valence-corrected chi connectivity index (χ3v) is 3.43. The molecule has 3 aromatic rings.